The van der Waals surface area contributed by atoms with E-state index < -0.39 is 10.0 Å². The molecule has 2 aromatic carbocycles. The molecule has 0 aromatic heterocycles. The summed E-state index contributed by atoms with van der Waals surface area (Å²) in [5.74, 6) is 0. The Bertz CT molecular complexity index is 755. The van der Waals surface area contributed by atoms with Crippen LogP contribution in [-0.2, 0) is 16.6 Å². The van der Waals surface area contributed by atoms with Crippen molar-refractivity contribution in [3.63, 3.8) is 0 Å². The minimum atomic E-state index is -3.52. The van der Waals surface area contributed by atoms with Crippen molar-refractivity contribution >= 4 is 15.7 Å². The second-order valence-corrected chi connectivity index (χ2v) is 7.29. The highest BCUT2D eigenvalue weighted by Gasteiger charge is 2.22. The van der Waals surface area contributed by atoms with Gasteiger partial charge in [0, 0.05) is 19.3 Å². The monoisotopic (exact) mass is 304 g/mol. The Hall–Kier alpha value is -1.85. The van der Waals surface area contributed by atoms with Crippen molar-refractivity contribution in [3.05, 3.63) is 59.2 Å². The molecule has 0 saturated carbocycles. The first-order valence-electron chi connectivity index (χ1n) is 6.69. The van der Waals surface area contributed by atoms with Crippen molar-refractivity contribution in [2.24, 2.45) is 0 Å². The van der Waals surface area contributed by atoms with Gasteiger partial charge in [0.05, 0.1) is 4.90 Å². The summed E-state index contributed by atoms with van der Waals surface area (Å²) >= 11 is 0. The van der Waals surface area contributed by atoms with Crippen molar-refractivity contribution in [3.8, 4) is 0 Å². The average molecular weight is 304 g/mol. The van der Waals surface area contributed by atoms with E-state index in [9.17, 15) is 8.42 Å². The summed E-state index contributed by atoms with van der Waals surface area (Å²) in [5.41, 5.74) is 8.98. The number of benzene rings is 2. The molecule has 4 nitrogen and oxygen atoms in total. The smallest absolute Gasteiger partial charge is 0.243 e. The number of hydrogen-bond donors (Lipinski definition) is 1. The third-order valence-corrected chi connectivity index (χ3v) is 5.34. The molecule has 0 unspecified atom stereocenters. The van der Waals surface area contributed by atoms with Crippen LogP contribution in [0.1, 0.15) is 16.7 Å². The lowest BCUT2D eigenvalue weighted by Crippen LogP contribution is -2.27. The zero-order valence-corrected chi connectivity index (χ0v) is 13.3. The molecule has 112 valence electrons. The first kappa shape index (κ1) is 15.5. The van der Waals surface area contributed by atoms with Gasteiger partial charge in [-0.1, -0.05) is 29.8 Å². The van der Waals surface area contributed by atoms with Crippen LogP contribution >= 0.6 is 0 Å². The Morgan fingerprint density at radius 1 is 1.10 bits per heavy atom. The highest BCUT2D eigenvalue weighted by Crippen LogP contribution is 2.22. The van der Waals surface area contributed by atoms with Crippen LogP contribution in [0.4, 0.5) is 5.69 Å². The van der Waals surface area contributed by atoms with E-state index in [2.05, 4.69) is 0 Å². The van der Waals surface area contributed by atoms with E-state index in [1.807, 2.05) is 31.2 Å². The van der Waals surface area contributed by atoms with Crippen LogP contribution in [0.5, 0.6) is 0 Å². The van der Waals surface area contributed by atoms with E-state index in [0.29, 0.717) is 22.7 Å². The van der Waals surface area contributed by atoms with E-state index in [0.717, 1.165) is 11.1 Å². The first-order valence-corrected chi connectivity index (χ1v) is 8.13. The highest BCUT2D eigenvalue weighted by atomic mass is 32.2. The number of nitrogens with zero attached hydrogens (tertiary/aromatic N) is 1. The van der Waals surface area contributed by atoms with Gasteiger partial charge in [-0.25, -0.2) is 8.42 Å². The summed E-state index contributed by atoms with van der Waals surface area (Å²) in [6.07, 6.45) is 0. The van der Waals surface area contributed by atoms with Gasteiger partial charge < -0.3 is 5.73 Å². The molecule has 0 spiro atoms. The molecule has 2 aromatic rings. The molecular formula is C16H20N2O2S. The topological polar surface area (TPSA) is 63.4 Å². The van der Waals surface area contributed by atoms with E-state index >= 15 is 0 Å². The molecule has 2 N–H and O–H groups in total. The lowest BCUT2D eigenvalue weighted by atomic mass is 10.1. The Balaban J connectivity index is 2.30. The van der Waals surface area contributed by atoms with Gasteiger partial charge in [-0.15, -0.1) is 0 Å². The third-order valence-electron chi connectivity index (χ3n) is 3.37. The zero-order chi connectivity index (χ0) is 15.6. The van der Waals surface area contributed by atoms with E-state index in [1.165, 1.54) is 4.31 Å². The van der Waals surface area contributed by atoms with Crippen LogP contribution < -0.4 is 5.73 Å². The molecule has 0 aliphatic heterocycles. The predicted molar refractivity (Wildman–Crippen MR) is 85.4 cm³/mol. The van der Waals surface area contributed by atoms with Crippen molar-refractivity contribution in [2.75, 3.05) is 12.8 Å². The summed E-state index contributed by atoms with van der Waals surface area (Å²) in [5, 5.41) is 0. The Morgan fingerprint density at radius 3 is 2.43 bits per heavy atom. The summed E-state index contributed by atoms with van der Waals surface area (Å²) < 4.78 is 26.6. The summed E-state index contributed by atoms with van der Waals surface area (Å²) in [6, 6.07) is 12.7. The number of aryl methyl sites for hydroxylation is 2. The maximum absolute atomic E-state index is 12.6. The SMILES string of the molecule is Cc1cccc(CN(C)S(=O)(=O)c2ccc(N)cc2C)c1. The van der Waals surface area contributed by atoms with Crippen LogP contribution in [0, 0.1) is 13.8 Å². The minimum Gasteiger partial charge on any atom is -0.399 e. The maximum atomic E-state index is 12.6. The Kier molecular flexibility index (Phi) is 4.34. The van der Waals surface area contributed by atoms with Gasteiger partial charge in [-0.3, -0.25) is 0 Å². The molecule has 0 radical (unpaired) electrons. The number of sulfonamides is 1. The molecule has 2 rings (SSSR count). The fourth-order valence-electron chi connectivity index (χ4n) is 2.28. The van der Waals surface area contributed by atoms with Crippen LogP contribution in [0.25, 0.3) is 0 Å². The maximum Gasteiger partial charge on any atom is 0.243 e. The van der Waals surface area contributed by atoms with E-state index in [1.54, 1.807) is 32.2 Å². The molecule has 21 heavy (non-hydrogen) atoms. The number of nitrogens with two attached hydrogens (primary N) is 1. The normalized spacial score (nSPS) is 11.8. The highest BCUT2D eigenvalue weighted by molar-refractivity contribution is 7.89. The van der Waals surface area contributed by atoms with Crippen molar-refractivity contribution in [2.45, 2.75) is 25.3 Å². The number of hydrogen-bond acceptors (Lipinski definition) is 3. The molecule has 0 amide bonds. The van der Waals surface area contributed by atoms with Gasteiger partial charge in [-0.05, 0) is 43.2 Å². The largest absolute Gasteiger partial charge is 0.399 e. The second kappa shape index (κ2) is 5.87. The van der Waals surface area contributed by atoms with Crippen LogP contribution in [-0.4, -0.2) is 19.8 Å². The van der Waals surface area contributed by atoms with Gasteiger partial charge in [0.1, 0.15) is 0 Å². The lowest BCUT2D eigenvalue weighted by molar-refractivity contribution is 0.466. The van der Waals surface area contributed by atoms with Gasteiger partial charge >= 0.3 is 0 Å². The van der Waals surface area contributed by atoms with Crippen molar-refractivity contribution < 1.29 is 8.42 Å². The predicted octanol–water partition coefficient (Wildman–Crippen LogP) is 2.71. The van der Waals surface area contributed by atoms with Crippen LogP contribution in [0.15, 0.2) is 47.4 Å². The Morgan fingerprint density at radius 2 is 1.81 bits per heavy atom. The van der Waals surface area contributed by atoms with Gasteiger partial charge in [0.25, 0.3) is 0 Å². The van der Waals surface area contributed by atoms with Gasteiger partial charge in [0.2, 0.25) is 10.0 Å². The zero-order valence-electron chi connectivity index (χ0n) is 12.5. The van der Waals surface area contributed by atoms with Crippen LogP contribution in [0.2, 0.25) is 0 Å². The lowest BCUT2D eigenvalue weighted by Gasteiger charge is -2.19. The molecule has 0 aliphatic rings. The van der Waals surface area contributed by atoms with Gasteiger partial charge in [-0.2, -0.15) is 4.31 Å². The third kappa shape index (κ3) is 3.43. The van der Waals surface area contributed by atoms with E-state index in [-0.39, 0.29) is 0 Å². The van der Waals surface area contributed by atoms with E-state index in [4.69, 9.17) is 5.73 Å². The van der Waals surface area contributed by atoms with Crippen molar-refractivity contribution in [1.29, 1.82) is 0 Å². The quantitative estimate of drug-likeness (QED) is 0.883. The fourth-order valence-corrected chi connectivity index (χ4v) is 3.64. The molecule has 0 bridgehead atoms. The minimum absolute atomic E-state index is 0.298. The molecule has 0 saturated heterocycles. The summed E-state index contributed by atoms with van der Waals surface area (Å²) in [7, 11) is -1.93. The molecule has 0 atom stereocenters. The van der Waals surface area contributed by atoms with Crippen LogP contribution in [0.3, 0.4) is 0 Å². The number of anilines is 1. The second-order valence-electron chi connectivity index (χ2n) is 5.28. The number of rotatable bonds is 4. The summed E-state index contributed by atoms with van der Waals surface area (Å²) in [4.78, 5) is 0.298. The summed E-state index contributed by atoms with van der Waals surface area (Å²) in [6.45, 7) is 4.08. The molecular weight excluding hydrogens is 284 g/mol. The van der Waals surface area contributed by atoms with Crippen molar-refractivity contribution in [1.82, 2.24) is 4.31 Å². The fraction of sp³-hybridized carbons (Fsp3) is 0.250. The molecule has 0 aliphatic carbocycles. The average Bonchev–Trinajstić information content (AvgIpc) is 2.38. The molecule has 0 fully saturated rings. The Labute approximate surface area is 126 Å². The molecule has 0 heterocycles. The standard InChI is InChI=1S/C16H20N2O2S/c1-12-5-4-6-14(9-12)11-18(3)21(19,20)16-8-7-15(17)10-13(16)2/h4-10H,11,17H2,1-3H3. The molecule has 5 heteroatoms. The number of nitrogen functional groups attached to an aromatic ring is 1. The first-order chi connectivity index (χ1) is 9.80. The van der Waals surface area contributed by atoms with Gasteiger partial charge in [0.15, 0.2) is 0 Å².